The number of sulfonamides is 2. The summed E-state index contributed by atoms with van der Waals surface area (Å²) in [6.45, 7) is 3.59. The van der Waals surface area contributed by atoms with Crippen LogP contribution in [0.5, 0.6) is 0 Å². The predicted octanol–water partition coefficient (Wildman–Crippen LogP) is 1.07. The van der Waals surface area contributed by atoms with E-state index in [1.807, 2.05) is 0 Å². The van der Waals surface area contributed by atoms with Gasteiger partial charge in [0.2, 0.25) is 20.0 Å². The van der Waals surface area contributed by atoms with E-state index in [-0.39, 0.29) is 24.5 Å². The van der Waals surface area contributed by atoms with Gasteiger partial charge in [0.15, 0.2) is 0 Å². The fraction of sp³-hybridized carbons (Fsp3) is 0.333. The number of hydrogen-bond acceptors (Lipinski definition) is 4. The third kappa shape index (κ3) is 5.76. The Kier molecular flexibility index (Phi) is 6.36. The van der Waals surface area contributed by atoms with Gasteiger partial charge in [0.25, 0.3) is 0 Å². The molecule has 0 aliphatic rings. The smallest absolute Gasteiger partial charge is 0.212 e. The van der Waals surface area contributed by atoms with Crippen LogP contribution in [0.3, 0.4) is 0 Å². The average molecular weight is 353 g/mol. The minimum atomic E-state index is -3.69. The summed E-state index contributed by atoms with van der Waals surface area (Å²) < 4.78 is 50.4. The predicted molar refractivity (Wildman–Crippen MR) is 83.3 cm³/mol. The summed E-state index contributed by atoms with van der Waals surface area (Å²) in [5.41, 5.74) is 0. The molecule has 1 aromatic rings. The van der Waals surface area contributed by atoms with Crippen molar-refractivity contribution in [2.24, 2.45) is 0 Å². The van der Waals surface area contributed by atoms with Gasteiger partial charge in [0, 0.05) is 24.7 Å². The van der Waals surface area contributed by atoms with Crippen LogP contribution in [0.4, 0.5) is 0 Å². The highest BCUT2D eigenvalue weighted by atomic mass is 35.5. The molecule has 0 saturated carbocycles. The summed E-state index contributed by atoms with van der Waals surface area (Å²) in [5.74, 6) is 0. The van der Waals surface area contributed by atoms with Crippen LogP contribution in [0.15, 0.2) is 41.8 Å². The second kappa shape index (κ2) is 7.37. The summed E-state index contributed by atoms with van der Waals surface area (Å²) in [5, 5.41) is 0.434. The van der Waals surface area contributed by atoms with E-state index < -0.39 is 20.0 Å². The second-order valence-electron chi connectivity index (χ2n) is 4.26. The molecular formula is C12H17ClN2O4S2. The summed E-state index contributed by atoms with van der Waals surface area (Å²) in [7, 11) is -7.09. The molecule has 0 aliphatic carbocycles. The number of nitrogens with one attached hydrogen (secondary N) is 1. The van der Waals surface area contributed by atoms with Crippen LogP contribution in [0, 0.1) is 0 Å². The van der Waals surface area contributed by atoms with E-state index in [4.69, 9.17) is 11.6 Å². The quantitative estimate of drug-likeness (QED) is 0.709. The highest BCUT2D eigenvalue weighted by molar-refractivity contribution is 7.89. The van der Waals surface area contributed by atoms with Crippen LogP contribution in [0.2, 0.25) is 5.02 Å². The molecule has 0 bridgehead atoms. The lowest BCUT2D eigenvalue weighted by Gasteiger charge is -2.18. The largest absolute Gasteiger partial charge is 0.240 e. The molecule has 0 heterocycles. The Bertz CT molecular complexity index is 684. The van der Waals surface area contributed by atoms with Gasteiger partial charge in [0.1, 0.15) is 0 Å². The van der Waals surface area contributed by atoms with E-state index in [1.54, 1.807) is 0 Å². The first-order valence-corrected chi connectivity index (χ1v) is 9.69. The number of halogens is 1. The molecule has 0 aromatic heterocycles. The molecule has 0 amide bonds. The lowest BCUT2D eigenvalue weighted by molar-refractivity contribution is 0.447. The Morgan fingerprint density at radius 1 is 1.24 bits per heavy atom. The molecule has 9 heteroatoms. The lowest BCUT2D eigenvalue weighted by atomic mass is 10.4. The topological polar surface area (TPSA) is 83.6 Å². The maximum Gasteiger partial charge on any atom is 0.240 e. The number of rotatable bonds is 8. The fourth-order valence-corrected chi connectivity index (χ4v) is 3.48. The maximum atomic E-state index is 12.0. The summed E-state index contributed by atoms with van der Waals surface area (Å²) in [4.78, 5) is 0.0709. The summed E-state index contributed by atoms with van der Waals surface area (Å²) >= 11 is 5.69. The first-order chi connectivity index (χ1) is 9.66. The zero-order chi connectivity index (χ0) is 16.1. The van der Waals surface area contributed by atoms with Gasteiger partial charge < -0.3 is 0 Å². The Morgan fingerprint density at radius 3 is 2.29 bits per heavy atom. The molecule has 0 unspecified atom stereocenters. The van der Waals surface area contributed by atoms with E-state index in [0.29, 0.717) is 5.02 Å². The number of nitrogens with zero attached hydrogens (tertiary/aromatic N) is 1. The Hall–Kier alpha value is -0.930. The Morgan fingerprint density at radius 2 is 1.81 bits per heavy atom. The van der Waals surface area contributed by atoms with Gasteiger partial charge in [-0.1, -0.05) is 17.7 Å². The monoisotopic (exact) mass is 352 g/mol. The zero-order valence-electron chi connectivity index (χ0n) is 11.5. The molecule has 0 aliphatic heterocycles. The van der Waals surface area contributed by atoms with Crippen molar-refractivity contribution < 1.29 is 16.8 Å². The molecule has 1 aromatic carbocycles. The van der Waals surface area contributed by atoms with Gasteiger partial charge >= 0.3 is 0 Å². The minimum Gasteiger partial charge on any atom is -0.212 e. The highest BCUT2D eigenvalue weighted by Crippen LogP contribution is 2.13. The van der Waals surface area contributed by atoms with Crippen molar-refractivity contribution in [1.82, 2.24) is 9.03 Å². The van der Waals surface area contributed by atoms with Crippen molar-refractivity contribution in [2.45, 2.75) is 4.90 Å². The molecule has 0 saturated heterocycles. The van der Waals surface area contributed by atoms with Gasteiger partial charge in [-0.2, -0.15) is 4.31 Å². The van der Waals surface area contributed by atoms with E-state index in [0.717, 1.165) is 10.6 Å². The Balaban J connectivity index is 2.69. The van der Waals surface area contributed by atoms with Crippen LogP contribution in [0.1, 0.15) is 0 Å². The molecular weight excluding hydrogens is 336 g/mol. The number of benzene rings is 1. The van der Waals surface area contributed by atoms with Crippen LogP contribution < -0.4 is 4.72 Å². The van der Waals surface area contributed by atoms with Gasteiger partial charge in [-0.05, 0) is 24.3 Å². The molecule has 1 N–H and O–H groups in total. The molecule has 21 heavy (non-hydrogen) atoms. The summed E-state index contributed by atoms with van der Waals surface area (Å²) in [6.07, 6.45) is 2.50. The highest BCUT2D eigenvalue weighted by Gasteiger charge is 2.17. The molecule has 6 nitrogen and oxygen atoms in total. The van der Waals surface area contributed by atoms with Crippen molar-refractivity contribution >= 4 is 31.6 Å². The van der Waals surface area contributed by atoms with Gasteiger partial charge in [-0.25, -0.2) is 21.6 Å². The Labute approximate surface area is 130 Å². The zero-order valence-corrected chi connectivity index (χ0v) is 13.9. The minimum absolute atomic E-state index is 0.0255. The SMILES string of the molecule is C=CCN(CCNS(=O)(=O)c1ccc(Cl)cc1)S(C)(=O)=O. The van der Waals surface area contributed by atoms with Crippen molar-refractivity contribution in [3.63, 3.8) is 0 Å². The van der Waals surface area contributed by atoms with Crippen molar-refractivity contribution in [1.29, 1.82) is 0 Å². The molecule has 0 fully saturated rings. The molecule has 1 rings (SSSR count). The van der Waals surface area contributed by atoms with E-state index in [1.165, 1.54) is 30.3 Å². The first-order valence-electron chi connectivity index (χ1n) is 5.98. The maximum absolute atomic E-state index is 12.0. The van der Waals surface area contributed by atoms with E-state index in [9.17, 15) is 16.8 Å². The number of hydrogen-bond donors (Lipinski definition) is 1. The molecule has 0 spiro atoms. The van der Waals surface area contributed by atoms with E-state index >= 15 is 0 Å². The first kappa shape index (κ1) is 18.1. The fourth-order valence-electron chi connectivity index (χ4n) is 1.54. The van der Waals surface area contributed by atoms with Crippen LogP contribution >= 0.6 is 11.6 Å². The van der Waals surface area contributed by atoms with Crippen LogP contribution in [-0.2, 0) is 20.0 Å². The van der Waals surface area contributed by atoms with Crippen molar-refractivity contribution in [3.05, 3.63) is 41.9 Å². The normalized spacial score (nSPS) is 12.5. The lowest BCUT2D eigenvalue weighted by Crippen LogP contribution is -2.38. The van der Waals surface area contributed by atoms with E-state index in [2.05, 4.69) is 11.3 Å². The molecule has 118 valence electrons. The average Bonchev–Trinajstić information content (AvgIpc) is 2.37. The van der Waals surface area contributed by atoms with Gasteiger partial charge in [-0.3, -0.25) is 0 Å². The van der Waals surface area contributed by atoms with Crippen LogP contribution in [0.25, 0.3) is 0 Å². The van der Waals surface area contributed by atoms with Gasteiger partial charge in [-0.15, -0.1) is 6.58 Å². The van der Waals surface area contributed by atoms with Gasteiger partial charge in [0.05, 0.1) is 11.2 Å². The van der Waals surface area contributed by atoms with Crippen molar-refractivity contribution in [3.8, 4) is 0 Å². The van der Waals surface area contributed by atoms with Crippen molar-refractivity contribution in [2.75, 3.05) is 25.9 Å². The third-order valence-electron chi connectivity index (χ3n) is 2.58. The standard InChI is InChI=1S/C12H17ClN2O4S2/c1-3-9-15(20(2,16)17)10-8-14-21(18,19)12-6-4-11(13)5-7-12/h3-7,14H,1,8-10H2,2H3. The summed E-state index contributed by atoms with van der Waals surface area (Å²) in [6, 6.07) is 5.69. The van der Waals surface area contributed by atoms with Crippen LogP contribution in [-0.4, -0.2) is 47.0 Å². The second-order valence-corrected chi connectivity index (χ2v) is 8.45. The molecule has 0 radical (unpaired) electrons. The third-order valence-corrected chi connectivity index (χ3v) is 5.58. The molecule has 0 atom stereocenters.